The van der Waals surface area contributed by atoms with E-state index < -0.39 is 0 Å². The van der Waals surface area contributed by atoms with Gasteiger partial charge in [-0.2, -0.15) is 0 Å². The van der Waals surface area contributed by atoms with Crippen molar-refractivity contribution >= 4 is 11.8 Å². The summed E-state index contributed by atoms with van der Waals surface area (Å²) in [5.74, 6) is 0.261. The number of aryl methyl sites for hydroxylation is 1. The second-order valence-electron chi connectivity index (χ2n) is 6.57. The summed E-state index contributed by atoms with van der Waals surface area (Å²) in [4.78, 5) is 30.6. The molecule has 1 aliphatic rings. The number of hydrogen-bond acceptors (Lipinski definition) is 4. The number of likely N-dealkylation sites (tertiary alicyclic amines) is 1. The highest BCUT2D eigenvalue weighted by atomic mass is 16.5. The van der Waals surface area contributed by atoms with Crippen LogP contribution in [0.25, 0.3) is 0 Å². The Hall–Kier alpha value is -2.89. The van der Waals surface area contributed by atoms with Crippen LogP contribution in [0, 0.1) is 0 Å². The number of ether oxygens (including phenoxy) is 1. The van der Waals surface area contributed by atoms with Gasteiger partial charge in [-0.25, -0.2) is 4.98 Å². The molecule has 0 spiro atoms. The summed E-state index contributed by atoms with van der Waals surface area (Å²) < 4.78 is 5.95. The van der Waals surface area contributed by atoms with Gasteiger partial charge in [-0.15, -0.1) is 0 Å². The molecule has 6 nitrogen and oxygen atoms in total. The molecule has 142 valence electrons. The van der Waals surface area contributed by atoms with Crippen LogP contribution in [0.4, 0.5) is 0 Å². The Bertz CT molecular complexity index is 779. The number of hydrogen-bond donors (Lipinski definition) is 1. The van der Waals surface area contributed by atoms with Crippen molar-refractivity contribution in [3.63, 3.8) is 0 Å². The first-order valence-corrected chi connectivity index (χ1v) is 9.39. The molecule has 1 N–H and O–H groups in total. The van der Waals surface area contributed by atoms with Crippen LogP contribution < -0.4 is 10.1 Å². The number of carbonyl (C=O) groups excluding carboxylic acids is 2. The third kappa shape index (κ3) is 5.06. The summed E-state index contributed by atoms with van der Waals surface area (Å²) >= 11 is 0. The molecule has 2 amide bonds. The van der Waals surface area contributed by atoms with E-state index in [9.17, 15) is 9.59 Å². The summed E-state index contributed by atoms with van der Waals surface area (Å²) in [6.45, 7) is 3.60. The van der Waals surface area contributed by atoms with Gasteiger partial charge in [0.15, 0.2) is 0 Å². The van der Waals surface area contributed by atoms with Gasteiger partial charge in [0.25, 0.3) is 5.91 Å². The molecule has 1 atom stereocenters. The van der Waals surface area contributed by atoms with Crippen molar-refractivity contribution in [1.29, 1.82) is 0 Å². The molecule has 0 aliphatic carbocycles. The Morgan fingerprint density at radius 1 is 1.22 bits per heavy atom. The van der Waals surface area contributed by atoms with E-state index >= 15 is 0 Å². The third-order valence-corrected chi connectivity index (χ3v) is 4.60. The van der Waals surface area contributed by atoms with Crippen LogP contribution in [-0.2, 0) is 11.2 Å². The normalized spacial score (nSPS) is 16.2. The van der Waals surface area contributed by atoms with Gasteiger partial charge in [0.05, 0.1) is 6.54 Å². The van der Waals surface area contributed by atoms with Crippen LogP contribution in [0.2, 0.25) is 0 Å². The first-order chi connectivity index (χ1) is 13.2. The lowest BCUT2D eigenvalue weighted by atomic mass is 10.1. The van der Waals surface area contributed by atoms with Crippen molar-refractivity contribution < 1.29 is 14.3 Å². The Balaban J connectivity index is 1.54. The number of aromatic nitrogens is 1. The average Bonchev–Trinajstić information content (AvgIpc) is 3.16. The fraction of sp³-hybridized carbons (Fsp3) is 0.381. The van der Waals surface area contributed by atoms with Gasteiger partial charge in [0.1, 0.15) is 11.7 Å². The number of pyridine rings is 1. The molecule has 0 saturated carbocycles. The van der Waals surface area contributed by atoms with Gasteiger partial charge in [0, 0.05) is 32.1 Å². The highest BCUT2D eigenvalue weighted by molar-refractivity contribution is 5.96. The topological polar surface area (TPSA) is 71.5 Å². The van der Waals surface area contributed by atoms with Crippen molar-refractivity contribution in [3.8, 4) is 5.88 Å². The summed E-state index contributed by atoms with van der Waals surface area (Å²) in [5.41, 5.74) is 1.59. The first kappa shape index (κ1) is 18.9. The minimum Gasteiger partial charge on any atom is -0.472 e. The second kappa shape index (κ2) is 9.16. The Morgan fingerprint density at radius 3 is 2.81 bits per heavy atom. The predicted octanol–water partition coefficient (Wildman–Crippen LogP) is 2.44. The molecule has 27 heavy (non-hydrogen) atoms. The molecule has 6 heteroatoms. The summed E-state index contributed by atoms with van der Waals surface area (Å²) in [7, 11) is 0. The van der Waals surface area contributed by atoms with Gasteiger partial charge >= 0.3 is 0 Å². The van der Waals surface area contributed by atoms with Crippen molar-refractivity contribution in [3.05, 3.63) is 59.8 Å². The maximum atomic E-state index is 12.5. The lowest BCUT2D eigenvalue weighted by molar-refractivity contribution is -0.130. The van der Waals surface area contributed by atoms with Gasteiger partial charge in [-0.1, -0.05) is 30.3 Å². The van der Waals surface area contributed by atoms with Gasteiger partial charge < -0.3 is 15.0 Å². The third-order valence-electron chi connectivity index (χ3n) is 4.60. The molecule has 0 bridgehead atoms. The zero-order valence-electron chi connectivity index (χ0n) is 15.6. The fourth-order valence-corrected chi connectivity index (χ4v) is 3.18. The van der Waals surface area contributed by atoms with E-state index in [1.54, 1.807) is 18.3 Å². The molecule has 1 fully saturated rings. The van der Waals surface area contributed by atoms with E-state index in [2.05, 4.69) is 10.3 Å². The smallest absolute Gasteiger partial charge is 0.256 e. The lowest BCUT2D eigenvalue weighted by Crippen LogP contribution is -2.31. The standard InChI is InChI=1S/C21H25N3O3/c1-2-22-20(26)18-9-6-13-23-21(18)27-17-12-14-24(15-17)19(25)11-10-16-7-4-3-5-8-16/h3-9,13,17H,2,10-12,14-15H2,1H3,(H,22,26). The van der Waals surface area contributed by atoms with E-state index in [0.717, 1.165) is 18.4 Å². The molecule has 1 unspecified atom stereocenters. The maximum absolute atomic E-state index is 12.5. The number of nitrogens with zero attached hydrogens (tertiary/aromatic N) is 2. The van der Waals surface area contributed by atoms with Crippen LogP contribution in [0.1, 0.15) is 35.7 Å². The molecular formula is C21H25N3O3. The Morgan fingerprint density at radius 2 is 2.04 bits per heavy atom. The van der Waals surface area contributed by atoms with Gasteiger partial charge in [-0.05, 0) is 31.0 Å². The molecular weight excluding hydrogens is 342 g/mol. The molecule has 1 aliphatic heterocycles. The highest BCUT2D eigenvalue weighted by Crippen LogP contribution is 2.21. The molecule has 1 aromatic carbocycles. The van der Waals surface area contributed by atoms with E-state index in [0.29, 0.717) is 37.5 Å². The molecule has 0 radical (unpaired) electrons. The van der Waals surface area contributed by atoms with Crippen molar-refractivity contribution in [2.24, 2.45) is 0 Å². The SMILES string of the molecule is CCNC(=O)c1cccnc1OC1CCN(C(=O)CCc2ccccc2)C1. The van der Waals surface area contributed by atoms with Gasteiger partial charge in [0.2, 0.25) is 11.8 Å². The summed E-state index contributed by atoms with van der Waals surface area (Å²) in [5, 5.41) is 2.76. The number of rotatable bonds is 7. The highest BCUT2D eigenvalue weighted by Gasteiger charge is 2.28. The predicted molar refractivity (Wildman–Crippen MR) is 103 cm³/mol. The fourth-order valence-electron chi connectivity index (χ4n) is 3.18. The minimum absolute atomic E-state index is 0.134. The largest absolute Gasteiger partial charge is 0.472 e. The number of benzene rings is 1. The quantitative estimate of drug-likeness (QED) is 0.816. The average molecular weight is 367 g/mol. The van der Waals surface area contributed by atoms with Crippen molar-refractivity contribution in [1.82, 2.24) is 15.2 Å². The van der Waals surface area contributed by atoms with E-state index in [1.807, 2.05) is 42.2 Å². The molecule has 1 aromatic heterocycles. The van der Waals surface area contributed by atoms with Gasteiger partial charge in [-0.3, -0.25) is 9.59 Å². The molecule has 1 saturated heterocycles. The zero-order valence-corrected chi connectivity index (χ0v) is 15.6. The number of nitrogens with one attached hydrogen (secondary N) is 1. The summed E-state index contributed by atoms with van der Waals surface area (Å²) in [6, 6.07) is 13.4. The molecule has 3 rings (SSSR count). The van der Waals surface area contributed by atoms with E-state index in [-0.39, 0.29) is 17.9 Å². The molecule has 2 aromatic rings. The van der Waals surface area contributed by atoms with Crippen LogP contribution in [0.5, 0.6) is 5.88 Å². The number of amides is 2. The first-order valence-electron chi connectivity index (χ1n) is 9.39. The lowest BCUT2D eigenvalue weighted by Gasteiger charge is -2.18. The van der Waals surface area contributed by atoms with Crippen LogP contribution in [-0.4, -0.2) is 47.4 Å². The molecule has 2 heterocycles. The monoisotopic (exact) mass is 367 g/mol. The second-order valence-corrected chi connectivity index (χ2v) is 6.57. The van der Waals surface area contributed by atoms with Crippen LogP contribution in [0.3, 0.4) is 0 Å². The van der Waals surface area contributed by atoms with Crippen LogP contribution >= 0.6 is 0 Å². The van der Waals surface area contributed by atoms with Crippen LogP contribution in [0.15, 0.2) is 48.7 Å². The minimum atomic E-state index is -0.200. The Labute approximate surface area is 159 Å². The van der Waals surface area contributed by atoms with Crippen molar-refractivity contribution in [2.45, 2.75) is 32.3 Å². The van der Waals surface area contributed by atoms with E-state index in [4.69, 9.17) is 4.74 Å². The maximum Gasteiger partial charge on any atom is 0.256 e. The zero-order chi connectivity index (χ0) is 19.1. The van der Waals surface area contributed by atoms with E-state index in [1.165, 1.54) is 0 Å². The van der Waals surface area contributed by atoms with Crippen molar-refractivity contribution in [2.75, 3.05) is 19.6 Å². The Kier molecular flexibility index (Phi) is 6.41. The summed E-state index contributed by atoms with van der Waals surface area (Å²) in [6.07, 6.45) is 3.43. The number of carbonyl (C=O) groups is 2.